The monoisotopic (exact) mass is 275 g/mol. The average Bonchev–Trinajstić information content (AvgIpc) is 3.02. The van der Waals surface area contributed by atoms with Gasteiger partial charge in [-0.3, -0.25) is 4.79 Å². The van der Waals surface area contributed by atoms with Gasteiger partial charge < -0.3 is 15.6 Å². The Kier molecular flexibility index (Phi) is 4.34. The highest BCUT2D eigenvalue weighted by atomic mass is 32.1. The molecule has 0 bridgehead atoms. The molecule has 2 heterocycles. The van der Waals surface area contributed by atoms with Crippen LogP contribution in [-0.2, 0) is 6.54 Å². The molecule has 98 valence electrons. The first-order valence-electron chi connectivity index (χ1n) is 5.67. The SMILES string of the molecule is Cc1cc(C(=O)NCc2sccc2C#CCN)no1. The normalized spacial score (nSPS) is 9.79. The highest BCUT2D eigenvalue weighted by Crippen LogP contribution is 2.15. The van der Waals surface area contributed by atoms with Gasteiger partial charge in [-0.25, -0.2) is 0 Å². The first kappa shape index (κ1) is 13.3. The summed E-state index contributed by atoms with van der Waals surface area (Å²) >= 11 is 1.54. The van der Waals surface area contributed by atoms with Gasteiger partial charge in [-0.05, 0) is 18.4 Å². The molecule has 2 aromatic heterocycles. The van der Waals surface area contributed by atoms with E-state index in [2.05, 4.69) is 22.3 Å². The summed E-state index contributed by atoms with van der Waals surface area (Å²) < 4.78 is 4.86. The number of carbonyl (C=O) groups excluding carboxylic acids is 1. The lowest BCUT2D eigenvalue weighted by Gasteiger charge is -2.01. The topological polar surface area (TPSA) is 81.2 Å². The zero-order valence-electron chi connectivity index (χ0n) is 10.4. The summed E-state index contributed by atoms with van der Waals surface area (Å²) in [6.07, 6.45) is 0. The van der Waals surface area contributed by atoms with Gasteiger partial charge in [0.25, 0.3) is 5.91 Å². The van der Waals surface area contributed by atoms with Crippen molar-refractivity contribution in [2.75, 3.05) is 6.54 Å². The van der Waals surface area contributed by atoms with Crippen LogP contribution in [0.3, 0.4) is 0 Å². The number of aromatic nitrogens is 1. The molecule has 2 aromatic rings. The summed E-state index contributed by atoms with van der Waals surface area (Å²) in [5.74, 6) is 6.11. The molecule has 0 saturated carbocycles. The van der Waals surface area contributed by atoms with Gasteiger partial charge in [0.2, 0.25) is 0 Å². The third kappa shape index (κ3) is 3.44. The fraction of sp³-hybridized carbons (Fsp3) is 0.231. The van der Waals surface area contributed by atoms with E-state index in [0.29, 0.717) is 18.8 Å². The summed E-state index contributed by atoms with van der Waals surface area (Å²) in [4.78, 5) is 12.8. The van der Waals surface area contributed by atoms with Crippen molar-refractivity contribution in [3.05, 3.63) is 39.4 Å². The summed E-state index contributed by atoms with van der Waals surface area (Å²) in [6.45, 7) is 2.47. The summed E-state index contributed by atoms with van der Waals surface area (Å²) in [6, 6.07) is 3.51. The van der Waals surface area contributed by atoms with Gasteiger partial charge in [-0.1, -0.05) is 17.0 Å². The molecule has 0 fully saturated rings. The molecular formula is C13H13N3O2S. The largest absolute Gasteiger partial charge is 0.361 e. The second-order valence-electron chi connectivity index (χ2n) is 3.77. The van der Waals surface area contributed by atoms with Crippen LogP contribution >= 0.6 is 11.3 Å². The molecule has 0 aromatic carbocycles. The maximum Gasteiger partial charge on any atom is 0.273 e. The molecule has 2 rings (SSSR count). The van der Waals surface area contributed by atoms with Gasteiger partial charge in [0.15, 0.2) is 5.69 Å². The lowest BCUT2D eigenvalue weighted by molar-refractivity contribution is 0.0942. The van der Waals surface area contributed by atoms with Crippen LogP contribution in [0.5, 0.6) is 0 Å². The molecule has 0 aliphatic heterocycles. The van der Waals surface area contributed by atoms with Gasteiger partial charge in [-0.2, -0.15) is 0 Å². The van der Waals surface area contributed by atoms with Gasteiger partial charge in [0, 0.05) is 16.5 Å². The number of nitrogens with zero attached hydrogens (tertiary/aromatic N) is 1. The number of aryl methyl sites for hydroxylation is 1. The fourth-order valence-corrected chi connectivity index (χ4v) is 2.23. The number of nitrogens with one attached hydrogen (secondary N) is 1. The molecule has 0 saturated heterocycles. The summed E-state index contributed by atoms with van der Waals surface area (Å²) in [7, 11) is 0. The number of carbonyl (C=O) groups is 1. The van der Waals surface area contributed by atoms with E-state index in [1.807, 2.05) is 11.4 Å². The second-order valence-corrected chi connectivity index (χ2v) is 4.77. The first-order chi connectivity index (χ1) is 9.20. The average molecular weight is 275 g/mol. The molecule has 0 spiro atoms. The van der Waals surface area contributed by atoms with Gasteiger partial charge in [-0.15, -0.1) is 11.3 Å². The molecule has 0 radical (unpaired) electrons. The smallest absolute Gasteiger partial charge is 0.273 e. The minimum absolute atomic E-state index is 0.261. The van der Waals surface area contributed by atoms with Crippen LogP contribution in [0, 0.1) is 18.8 Å². The van der Waals surface area contributed by atoms with Crippen molar-refractivity contribution in [3.8, 4) is 11.8 Å². The molecule has 0 atom stereocenters. The predicted molar refractivity (Wildman–Crippen MR) is 72.7 cm³/mol. The lowest BCUT2D eigenvalue weighted by atomic mass is 10.2. The van der Waals surface area contributed by atoms with Crippen LogP contribution < -0.4 is 11.1 Å². The van der Waals surface area contributed by atoms with Crippen LogP contribution in [0.4, 0.5) is 0 Å². The van der Waals surface area contributed by atoms with Gasteiger partial charge in [0.05, 0.1) is 13.1 Å². The van der Waals surface area contributed by atoms with Crippen molar-refractivity contribution in [2.24, 2.45) is 5.73 Å². The van der Waals surface area contributed by atoms with E-state index >= 15 is 0 Å². The van der Waals surface area contributed by atoms with Crippen LogP contribution in [0.25, 0.3) is 0 Å². The van der Waals surface area contributed by atoms with Crippen molar-refractivity contribution in [1.82, 2.24) is 10.5 Å². The molecule has 5 nitrogen and oxygen atoms in total. The number of nitrogens with two attached hydrogens (primary N) is 1. The number of rotatable bonds is 3. The standard InChI is InChI=1S/C13H13N3O2S/c1-9-7-11(16-18-9)13(17)15-8-12-10(3-2-5-14)4-6-19-12/h4,6-7H,5,8,14H2,1H3,(H,15,17). The third-order valence-corrected chi connectivity index (χ3v) is 3.26. The Morgan fingerprint density at radius 1 is 1.63 bits per heavy atom. The quantitative estimate of drug-likeness (QED) is 0.827. The first-order valence-corrected chi connectivity index (χ1v) is 6.55. The van der Waals surface area contributed by atoms with Crippen LogP contribution in [-0.4, -0.2) is 17.6 Å². The lowest BCUT2D eigenvalue weighted by Crippen LogP contribution is -2.22. The number of hydrogen-bond acceptors (Lipinski definition) is 5. The minimum Gasteiger partial charge on any atom is -0.361 e. The number of hydrogen-bond donors (Lipinski definition) is 2. The molecule has 0 aliphatic rings. The highest BCUT2D eigenvalue weighted by molar-refractivity contribution is 7.10. The number of amides is 1. The van der Waals surface area contributed by atoms with E-state index in [4.69, 9.17) is 10.3 Å². The Labute approximate surface area is 114 Å². The van der Waals surface area contributed by atoms with Crippen molar-refractivity contribution >= 4 is 17.2 Å². The van der Waals surface area contributed by atoms with E-state index in [1.54, 1.807) is 24.3 Å². The zero-order valence-corrected chi connectivity index (χ0v) is 11.2. The van der Waals surface area contributed by atoms with Crippen LogP contribution in [0.1, 0.15) is 26.7 Å². The van der Waals surface area contributed by atoms with E-state index in [0.717, 1.165) is 10.4 Å². The van der Waals surface area contributed by atoms with Gasteiger partial charge in [0.1, 0.15) is 5.76 Å². The Balaban J connectivity index is 1.99. The molecule has 1 amide bonds. The van der Waals surface area contributed by atoms with Crippen molar-refractivity contribution < 1.29 is 9.32 Å². The Morgan fingerprint density at radius 2 is 2.47 bits per heavy atom. The molecule has 0 aliphatic carbocycles. The second kappa shape index (κ2) is 6.18. The zero-order chi connectivity index (χ0) is 13.7. The Morgan fingerprint density at radius 3 is 3.16 bits per heavy atom. The minimum atomic E-state index is -0.261. The maximum absolute atomic E-state index is 11.8. The number of thiophene rings is 1. The van der Waals surface area contributed by atoms with E-state index < -0.39 is 0 Å². The van der Waals surface area contributed by atoms with Crippen LogP contribution in [0.15, 0.2) is 22.0 Å². The third-order valence-electron chi connectivity index (χ3n) is 2.34. The van der Waals surface area contributed by atoms with E-state index in [-0.39, 0.29) is 11.6 Å². The Bertz CT molecular complexity index is 634. The molecule has 19 heavy (non-hydrogen) atoms. The van der Waals surface area contributed by atoms with Crippen LogP contribution in [0.2, 0.25) is 0 Å². The van der Waals surface area contributed by atoms with Gasteiger partial charge >= 0.3 is 0 Å². The van der Waals surface area contributed by atoms with E-state index in [1.165, 1.54) is 0 Å². The van der Waals surface area contributed by atoms with Crippen molar-refractivity contribution in [1.29, 1.82) is 0 Å². The molecule has 6 heteroatoms. The van der Waals surface area contributed by atoms with Crippen molar-refractivity contribution in [3.63, 3.8) is 0 Å². The summed E-state index contributed by atoms with van der Waals surface area (Å²) in [5, 5.41) is 8.37. The molecule has 0 unspecified atom stereocenters. The highest BCUT2D eigenvalue weighted by Gasteiger charge is 2.11. The Hall–Kier alpha value is -2.10. The predicted octanol–water partition coefficient (Wildman–Crippen LogP) is 1.28. The van der Waals surface area contributed by atoms with Crippen molar-refractivity contribution in [2.45, 2.75) is 13.5 Å². The summed E-state index contributed by atoms with van der Waals surface area (Å²) in [5.41, 5.74) is 6.51. The maximum atomic E-state index is 11.8. The van der Waals surface area contributed by atoms with E-state index in [9.17, 15) is 4.79 Å². The fourth-order valence-electron chi connectivity index (χ4n) is 1.46. The molecular weight excluding hydrogens is 262 g/mol. The molecule has 3 N–H and O–H groups in total.